The lowest BCUT2D eigenvalue weighted by Crippen LogP contribution is -2.33. The van der Waals surface area contributed by atoms with Crippen LogP contribution in [0.25, 0.3) is 0 Å². The summed E-state index contributed by atoms with van der Waals surface area (Å²) >= 11 is 12.2. The summed E-state index contributed by atoms with van der Waals surface area (Å²) in [7, 11) is 0. The molecule has 4 N–H and O–H groups in total. The standard InChI is InChI=1S/C14H8Cl2N4O3/c15-7-3-1-2-5(10(7)16)8-6(4-17)11(18)23-13-9(8)12(21)19-14(22)20-13/h1-3,8H,18H2,(H2,19,20,21,22). The Kier molecular flexibility index (Phi) is 3.64. The predicted molar refractivity (Wildman–Crippen MR) is 83.4 cm³/mol. The van der Waals surface area contributed by atoms with Crippen LogP contribution in [0.3, 0.4) is 0 Å². The van der Waals surface area contributed by atoms with Crippen LogP contribution < -0.4 is 21.7 Å². The molecule has 23 heavy (non-hydrogen) atoms. The van der Waals surface area contributed by atoms with Crippen molar-refractivity contribution in [3.8, 4) is 11.9 Å². The van der Waals surface area contributed by atoms with Gasteiger partial charge in [-0.05, 0) is 11.6 Å². The van der Waals surface area contributed by atoms with E-state index in [1.54, 1.807) is 18.2 Å². The molecule has 2 aromatic rings. The first-order chi connectivity index (χ1) is 10.9. The van der Waals surface area contributed by atoms with Crippen molar-refractivity contribution < 1.29 is 4.74 Å². The van der Waals surface area contributed by atoms with Gasteiger partial charge in [0.1, 0.15) is 11.6 Å². The van der Waals surface area contributed by atoms with Gasteiger partial charge in [-0.15, -0.1) is 0 Å². The largest absolute Gasteiger partial charge is 0.424 e. The Hall–Kier alpha value is -2.69. The van der Waals surface area contributed by atoms with Crippen molar-refractivity contribution in [1.82, 2.24) is 9.97 Å². The lowest BCUT2D eigenvalue weighted by molar-refractivity contribution is 0.373. The van der Waals surface area contributed by atoms with Gasteiger partial charge < -0.3 is 10.5 Å². The molecule has 1 aliphatic rings. The number of rotatable bonds is 1. The molecule has 3 rings (SSSR count). The second-order valence-corrected chi connectivity index (χ2v) is 5.50. The SMILES string of the molecule is N#CC1=C(N)Oc2[nH]c(=O)[nH]c(=O)c2C1c1cccc(Cl)c1Cl. The van der Waals surface area contributed by atoms with Gasteiger partial charge in [0.05, 0.1) is 21.5 Å². The summed E-state index contributed by atoms with van der Waals surface area (Å²) in [5.41, 5.74) is 4.72. The first-order valence-corrected chi connectivity index (χ1v) is 7.07. The van der Waals surface area contributed by atoms with Crippen LogP contribution in [0.1, 0.15) is 17.0 Å². The number of benzene rings is 1. The van der Waals surface area contributed by atoms with Crippen molar-refractivity contribution in [1.29, 1.82) is 5.26 Å². The summed E-state index contributed by atoms with van der Waals surface area (Å²) in [4.78, 5) is 28.1. The third kappa shape index (κ3) is 2.38. The first-order valence-electron chi connectivity index (χ1n) is 6.32. The fourth-order valence-electron chi connectivity index (χ4n) is 2.44. The molecule has 0 aliphatic carbocycles. The Balaban J connectivity index is 2.39. The lowest BCUT2D eigenvalue weighted by atomic mass is 9.85. The molecule has 7 nitrogen and oxygen atoms in total. The third-order valence-electron chi connectivity index (χ3n) is 3.41. The predicted octanol–water partition coefficient (Wildman–Crippen LogP) is 1.59. The Morgan fingerprint density at radius 1 is 1.26 bits per heavy atom. The normalized spacial score (nSPS) is 16.5. The minimum atomic E-state index is -0.907. The van der Waals surface area contributed by atoms with E-state index < -0.39 is 17.2 Å². The lowest BCUT2D eigenvalue weighted by Gasteiger charge is -2.25. The maximum atomic E-state index is 12.2. The van der Waals surface area contributed by atoms with Gasteiger partial charge in [0.15, 0.2) is 0 Å². The summed E-state index contributed by atoms with van der Waals surface area (Å²) in [6.07, 6.45) is 0. The molecular formula is C14H8Cl2N4O3. The quantitative estimate of drug-likeness (QED) is 0.720. The molecule has 1 aliphatic heterocycles. The number of aromatic amines is 2. The van der Waals surface area contributed by atoms with Crippen molar-refractivity contribution in [2.24, 2.45) is 5.73 Å². The summed E-state index contributed by atoms with van der Waals surface area (Å²) in [6.45, 7) is 0. The van der Waals surface area contributed by atoms with E-state index in [4.69, 9.17) is 33.7 Å². The molecule has 0 spiro atoms. The molecule has 0 amide bonds. The Morgan fingerprint density at radius 2 is 2.00 bits per heavy atom. The summed E-state index contributed by atoms with van der Waals surface area (Å²) in [5.74, 6) is -1.26. The number of nitriles is 1. The molecule has 0 radical (unpaired) electrons. The fraction of sp³-hybridized carbons (Fsp3) is 0.0714. The van der Waals surface area contributed by atoms with E-state index in [2.05, 4.69) is 9.97 Å². The number of nitrogens with zero attached hydrogens (tertiary/aromatic N) is 1. The minimum absolute atomic E-state index is 0.000726. The van der Waals surface area contributed by atoms with Gasteiger partial charge in [0, 0.05) is 0 Å². The molecule has 1 unspecified atom stereocenters. The topological polar surface area (TPSA) is 125 Å². The number of allylic oxidation sites excluding steroid dienone is 1. The molecule has 0 saturated carbocycles. The molecule has 0 fully saturated rings. The van der Waals surface area contributed by atoms with E-state index in [1.807, 2.05) is 6.07 Å². The average molecular weight is 351 g/mol. The maximum absolute atomic E-state index is 12.2. The van der Waals surface area contributed by atoms with E-state index in [-0.39, 0.29) is 32.9 Å². The number of nitrogens with one attached hydrogen (secondary N) is 2. The van der Waals surface area contributed by atoms with Crippen molar-refractivity contribution in [3.05, 3.63) is 71.7 Å². The molecule has 0 saturated heterocycles. The number of halogens is 2. The summed E-state index contributed by atoms with van der Waals surface area (Å²) in [6, 6.07) is 6.73. The summed E-state index contributed by atoms with van der Waals surface area (Å²) < 4.78 is 5.20. The van der Waals surface area contributed by atoms with Crippen LogP contribution in [-0.4, -0.2) is 9.97 Å². The Morgan fingerprint density at radius 3 is 2.70 bits per heavy atom. The number of hydrogen-bond donors (Lipinski definition) is 3. The monoisotopic (exact) mass is 350 g/mol. The number of ether oxygens (including phenoxy) is 1. The average Bonchev–Trinajstić information content (AvgIpc) is 2.48. The number of fused-ring (bicyclic) bond motifs is 1. The van der Waals surface area contributed by atoms with Crippen molar-refractivity contribution in [3.63, 3.8) is 0 Å². The van der Waals surface area contributed by atoms with Crippen molar-refractivity contribution >= 4 is 23.2 Å². The van der Waals surface area contributed by atoms with Crippen molar-refractivity contribution in [2.75, 3.05) is 0 Å². The number of aromatic nitrogens is 2. The first kappa shape index (κ1) is 15.2. The van der Waals surface area contributed by atoms with E-state index in [0.717, 1.165) is 0 Å². The second-order valence-electron chi connectivity index (χ2n) is 4.72. The zero-order valence-corrected chi connectivity index (χ0v) is 12.8. The van der Waals surface area contributed by atoms with Crippen LogP contribution in [0.2, 0.25) is 10.0 Å². The van der Waals surface area contributed by atoms with Crippen LogP contribution in [0.4, 0.5) is 0 Å². The minimum Gasteiger partial charge on any atom is -0.424 e. The van der Waals surface area contributed by atoms with Gasteiger partial charge in [-0.2, -0.15) is 5.26 Å². The van der Waals surface area contributed by atoms with Gasteiger partial charge >= 0.3 is 5.69 Å². The zero-order chi connectivity index (χ0) is 16.7. The van der Waals surface area contributed by atoms with Crippen LogP contribution in [0.5, 0.6) is 5.88 Å². The van der Waals surface area contributed by atoms with Crippen LogP contribution in [0.15, 0.2) is 39.2 Å². The molecule has 1 atom stereocenters. The molecule has 9 heteroatoms. The molecule has 0 bridgehead atoms. The highest BCUT2D eigenvalue weighted by molar-refractivity contribution is 6.42. The Labute approximate surface area is 138 Å². The smallest absolute Gasteiger partial charge is 0.328 e. The zero-order valence-electron chi connectivity index (χ0n) is 11.3. The third-order valence-corrected chi connectivity index (χ3v) is 4.24. The van der Waals surface area contributed by atoms with Gasteiger partial charge in [-0.25, -0.2) is 4.79 Å². The van der Waals surface area contributed by atoms with Crippen LogP contribution in [0, 0.1) is 11.3 Å². The number of H-pyrrole nitrogens is 2. The number of hydrogen-bond acceptors (Lipinski definition) is 5. The fourth-order valence-corrected chi connectivity index (χ4v) is 2.86. The number of nitrogens with two attached hydrogens (primary N) is 1. The van der Waals surface area contributed by atoms with Gasteiger partial charge in [0.2, 0.25) is 11.8 Å². The highest BCUT2D eigenvalue weighted by Crippen LogP contribution is 2.42. The highest BCUT2D eigenvalue weighted by atomic mass is 35.5. The van der Waals surface area contributed by atoms with Crippen LogP contribution >= 0.6 is 23.2 Å². The molecular weight excluding hydrogens is 343 g/mol. The summed E-state index contributed by atoms with van der Waals surface area (Å²) in [5, 5.41) is 9.83. The second kappa shape index (κ2) is 5.50. The van der Waals surface area contributed by atoms with Gasteiger partial charge in [-0.3, -0.25) is 14.8 Å². The maximum Gasteiger partial charge on any atom is 0.328 e. The Bertz CT molecular complexity index is 1000. The van der Waals surface area contributed by atoms with Gasteiger partial charge in [-0.1, -0.05) is 35.3 Å². The molecule has 1 aromatic heterocycles. The van der Waals surface area contributed by atoms with Gasteiger partial charge in [0.25, 0.3) is 5.56 Å². The molecule has 1 aromatic carbocycles. The van der Waals surface area contributed by atoms with Crippen molar-refractivity contribution in [2.45, 2.75) is 5.92 Å². The molecule has 116 valence electrons. The van der Waals surface area contributed by atoms with E-state index in [0.29, 0.717) is 5.56 Å². The highest BCUT2D eigenvalue weighted by Gasteiger charge is 2.35. The van der Waals surface area contributed by atoms with Crippen LogP contribution in [-0.2, 0) is 0 Å². The van der Waals surface area contributed by atoms with E-state index in [1.165, 1.54) is 0 Å². The molecule has 2 heterocycles. The van der Waals surface area contributed by atoms with E-state index >= 15 is 0 Å². The van der Waals surface area contributed by atoms with E-state index in [9.17, 15) is 14.9 Å².